The van der Waals surface area contributed by atoms with Crippen LogP contribution in [0.25, 0.3) is 0 Å². The van der Waals surface area contributed by atoms with Crippen LogP contribution in [0.15, 0.2) is 0 Å². The first-order chi connectivity index (χ1) is 7.61. The van der Waals surface area contributed by atoms with Crippen molar-refractivity contribution in [3.63, 3.8) is 0 Å². The van der Waals surface area contributed by atoms with Gasteiger partial charge in [-0.05, 0) is 31.1 Å². The molecular weight excluding hydrogens is 206 g/mol. The average Bonchev–Trinajstić information content (AvgIpc) is 2.69. The van der Waals surface area contributed by atoms with Crippen LogP contribution in [-0.4, -0.2) is 35.5 Å². The number of fused-ring (bicyclic) bond motifs is 1. The number of hydrogen-bond donors (Lipinski definition) is 1. The van der Waals surface area contributed by atoms with Crippen molar-refractivity contribution in [3.8, 4) is 0 Å². The summed E-state index contributed by atoms with van der Waals surface area (Å²) in [7, 11) is 1.79. The van der Waals surface area contributed by atoms with Crippen LogP contribution in [-0.2, 0) is 9.59 Å². The molecule has 0 heterocycles. The Hall–Kier alpha value is -1.06. The molecule has 2 rings (SSSR count). The first-order valence-corrected chi connectivity index (χ1v) is 6.08. The number of carbonyl (C=O) groups is 2. The molecule has 0 aromatic rings. The molecule has 2 atom stereocenters. The third-order valence-corrected chi connectivity index (χ3v) is 3.95. The van der Waals surface area contributed by atoms with Gasteiger partial charge in [-0.15, -0.1) is 0 Å². The van der Waals surface area contributed by atoms with Crippen LogP contribution in [0.1, 0.15) is 32.1 Å². The summed E-state index contributed by atoms with van der Waals surface area (Å²) in [4.78, 5) is 24.0. The van der Waals surface area contributed by atoms with Gasteiger partial charge in [0.1, 0.15) is 0 Å². The van der Waals surface area contributed by atoms with Crippen LogP contribution in [0.5, 0.6) is 0 Å². The number of carboxylic acids is 1. The quantitative estimate of drug-likeness (QED) is 0.768. The predicted octanol–water partition coefficient (Wildman–Crippen LogP) is 1.36. The number of rotatable bonds is 5. The lowest BCUT2D eigenvalue weighted by atomic mass is 10.1. The van der Waals surface area contributed by atoms with Crippen molar-refractivity contribution >= 4 is 11.9 Å². The van der Waals surface area contributed by atoms with Gasteiger partial charge < -0.3 is 10.0 Å². The summed E-state index contributed by atoms with van der Waals surface area (Å²) in [6.07, 6.45) is 4.41. The number of nitrogens with zero attached hydrogens (tertiary/aromatic N) is 1. The van der Waals surface area contributed by atoms with Crippen molar-refractivity contribution in [2.45, 2.75) is 32.1 Å². The third kappa shape index (κ3) is 2.20. The second-order valence-electron chi connectivity index (χ2n) is 5.04. The smallest absolute Gasteiger partial charge is 0.303 e. The monoisotopic (exact) mass is 225 g/mol. The van der Waals surface area contributed by atoms with Crippen LogP contribution in [0.2, 0.25) is 0 Å². The van der Waals surface area contributed by atoms with Crippen molar-refractivity contribution in [2.75, 3.05) is 13.6 Å². The molecule has 1 N–H and O–H groups in total. The summed E-state index contributed by atoms with van der Waals surface area (Å²) < 4.78 is 0. The van der Waals surface area contributed by atoms with Crippen LogP contribution in [0.3, 0.4) is 0 Å². The molecule has 4 nitrogen and oxygen atoms in total. The summed E-state index contributed by atoms with van der Waals surface area (Å²) in [5, 5.41) is 8.51. The molecular formula is C12H19NO3. The lowest BCUT2D eigenvalue weighted by Gasteiger charge is -2.17. The van der Waals surface area contributed by atoms with Gasteiger partial charge in [0.15, 0.2) is 0 Å². The van der Waals surface area contributed by atoms with Gasteiger partial charge in [0.2, 0.25) is 5.91 Å². The maximum absolute atomic E-state index is 12.0. The van der Waals surface area contributed by atoms with E-state index < -0.39 is 5.97 Å². The maximum Gasteiger partial charge on any atom is 0.303 e. The number of aliphatic carboxylic acids is 1. The second-order valence-corrected chi connectivity index (χ2v) is 5.04. The van der Waals surface area contributed by atoms with Gasteiger partial charge in [0.25, 0.3) is 0 Å². The van der Waals surface area contributed by atoms with E-state index in [9.17, 15) is 9.59 Å². The van der Waals surface area contributed by atoms with Crippen LogP contribution < -0.4 is 0 Å². The van der Waals surface area contributed by atoms with Crippen LogP contribution in [0, 0.1) is 17.8 Å². The lowest BCUT2D eigenvalue weighted by molar-refractivity contribution is -0.138. The fourth-order valence-corrected chi connectivity index (χ4v) is 3.02. The number of carbonyl (C=O) groups excluding carboxylic acids is 1. The fourth-order valence-electron chi connectivity index (χ4n) is 3.02. The van der Waals surface area contributed by atoms with E-state index in [-0.39, 0.29) is 18.2 Å². The van der Waals surface area contributed by atoms with Crippen molar-refractivity contribution < 1.29 is 14.7 Å². The molecule has 0 aromatic carbocycles. The summed E-state index contributed by atoms with van der Waals surface area (Å²) in [5.74, 6) is 1.01. The Kier molecular flexibility index (Phi) is 3.17. The van der Waals surface area contributed by atoms with Crippen molar-refractivity contribution in [2.24, 2.45) is 17.8 Å². The number of carboxylic acid groups (broad SMARTS) is 1. The second kappa shape index (κ2) is 4.44. The van der Waals surface area contributed by atoms with E-state index in [1.165, 1.54) is 19.3 Å². The SMILES string of the molecule is CN(CCCC(=O)O)C(=O)C1C2CCCC21. The molecule has 2 aliphatic rings. The van der Waals surface area contributed by atoms with E-state index in [1.54, 1.807) is 11.9 Å². The van der Waals surface area contributed by atoms with Crippen LogP contribution >= 0.6 is 0 Å². The molecule has 4 heteroatoms. The molecule has 0 aromatic heterocycles. The first-order valence-electron chi connectivity index (χ1n) is 6.08. The van der Waals surface area contributed by atoms with E-state index in [0.717, 1.165) is 0 Å². The largest absolute Gasteiger partial charge is 0.481 e. The average molecular weight is 225 g/mol. The molecule has 1 amide bonds. The Balaban J connectivity index is 1.71. The molecule has 2 aliphatic carbocycles. The lowest BCUT2D eigenvalue weighted by Crippen LogP contribution is -2.30. The molecule has 0 radical (unpaired) electrons. The Labute approximate surface area is 95.6 Å². The highest BCUT2D eigenvalue weighted by Crippen LogP contribution is 2.57. The molecule has 0 aliphatic heterocycles. The van der Waals surface area contributed by atoms with E-state index in [0.29, 0.717) is 24.8 Å². The van der Waals surface area contributed by atoms with Crippen molar-refractivity contribution in [1.29, 1.82) is 0 Å². The van der Waals surface area contributed by atoms with Crippen molar-refractivity contribution in [3.05, 3.63) is 0 Å². The molecule has 90 valence electrons. The van der Waals surface area contributed by atoms with Crippen molar-refractivity contribution in [1.82, 2.24) is 4.90 Å². The summed E-state index contributed by atoms with van der Waals surface area (Å²) in [5.41, 5.74) is 0. The Morgan fingerprint density at radius 1 is 1.31 bits per heavy atom. The standard InChI is InChI=1S/C12H19NO3/c1-13(7-3-6-10(14)15)12(16)11-8-4-2-5-9(8)11/h8-9,11H,2-7H2,1H3,(H,14,15). The van der Waals surface area contributed by atoms with Gasteiger partial charge in [-0.25, -0.2) is 0 Å². The van der Waals surface area contributed by atoms with Gasteiger partial charge in [-0.3, -0.25) is 9.59 Å². The van der Waals surface area contributed by atoms with Gasteiger partial charge in [-0.1, -0.05) is 6.42 Å². The summed E-state index contributed by atoms with van der Waals surface area (Å²) >= 11 is 0. The highest BCUT2D eigenvalue weighted by atomic mass is 16.4. The zero-order valence-corrected chi connectivity index (χ0v) is 9.69. The minimum atomic E-state index is -0.788. The molecule has 2 unspecified atom stereocenters. The summed E-state index contributed by atoms with van der Waals surface area (Å²) in [6, 6.07) is 0. The molecule has 0 spiro atoms. The highest BCUT2D eigenvalue weighted by Gasteiger charge is 2.57. The zero-order valence-electron chi connectivity index (χ0n) is 9.69. The number of amides is 1. The van der Waals surface area contributed by atoms with E-state index in [1.807, 2.05) is 0 Å². The van der Waals surface area contributed by atoms with Gasteiger partial charge in [-0.2, -0.15) is 0 Å². The molecule has 16 heavy (non-hydrogen) atoms. The fraction of sp³-hybridized carbons (Fsp3) is 0.833. The highest BCUT2D eigenvalue weighted by molar-refractivity contribution is 5.82. The van der Waals surface area contributed by atoms with Gasteiger partial charge >= 0.3 is 5.97 Å². The molecule has 2 saturated carbocycles. The van der Waals surface area contributed by atoms with Gasteiger partial charge in [0, 0.05) is 25.9 Å². The van der Waals surface area contributed by atoms with E-state index in [4.69, 9.17) is 5.11 Å². The zero-order chi connectivity index (χ0) is 11.7. The maximum atomic E-state index is 12.0. The topological polar surface area (TPSA) is 57.6 Å². The molecule has 0 bridgehead atoms. The molecule has 2 fully saturated rings. The first kappa shape index (κ1) is 11.4. The summed E-state index contributed by atoms with van der Waals surface area (Å²) in [6.45, 7) is 0.571. The van der Waals surface area contributed by atoms with E-state index in [2.05, 4.69) is 0 Å². The van der Waals surface area contributed by atoms with Gasteiger partial charge in [0.05, 0.1) is 0 Å². The predicted molar refractivity (Wildman–Crippen MR) is 58.8 cm³/mol. The van der Waals surface area contributed by atoms with E-state index >= 15 is 0 Å². The molecule has 0 saturated heterocycles. The Bertz CT molecular complexity index is 293. The number of hydrogen-bond acceptors (Lipinski definition) is 2. The Morgan fingerprint density at radius 2 is 1.94 bits per heavy atom. The van der Waals surface area contributed by atoms with Crippen LogP contribution in [0.4, 0.5) is 0 Å². The minimum absolute atomic E-state index is 0.148. The minimum Gasteiger partial charge on any atom is -0.481 e. The Morgan fingerprint density at radius 3 is 2.50 bits per heavy atom. The third-order valence-electron chi connectivity index (χ3n) is 3.95. The normalized spacial score (nSPS) is 30.9.